The molecule has 0 amide bonds. The third-order valence-electron chi connectivity index (χ3n) is 2.10. The fraction of sp³-hybridized carbons (Fsp3) is 0.636. The lowest BCUT2D eigenvalue weighted by Crippen LogP contribution is -2.28. The van der Waals surface area contributed by atoms with Crippen molar-refractivity contribution in [1.29, 1.82) is 0 Å². The normalized spacial score (nSPS) is 12.2. The highest BCUT2D eigenvalue weighted by atomic mass is 32.2. The van der Waals surface area contributed by atoms with E-state index in [1.807, 2.05) is 13.8 Å². The number of rotatable bonds is 8. The summed E-state index contributed by atoms with van der Waals surface area (Å²) in [4.78, 5) is 0. The third kappa shape index (κ3) is 4.77. The van der Waals surface area contributed by atoms with Crippen molar-refractivity contribution in [3.63, 3.8) is 0 Å². The van der Waals surface area contributed by atoms with Crippen LogP contribution in [0.1, 0.15) is 19.6 Å². The van der Waals surface area contributed by atoms with E-state index in [4.69, 9.17) is 9.15 Å². The quantitative estimate of drug-likeness (QED) is 0.683. The van der Waals surface area contributed by atoms with Gasteiger partial charge in [0.2, 0.25) is 5.09 Å². The molecule has 0 spiro atoms. The van der Waals surface area contributed by atoms with Crippen LogP contribution >= 0.6 is 0 Å². The Balaban J connectivity index is 2.51. The average Bonchev–Trinajstić information content (AvgIpc) is 2.74. The fourth-order valence-electron chi connectivity index (χ4n) is 1.31. The number of nitrogens with one attached hydrogen (secondary N) is 2. The lowest BCUT2D eigenvalue weighted by atomic mass is 10.4. The van der Waals surface area contributed by atoms with Gasteiger partial charge in [-0.1, -0.05) is 0 Å². The molecule has 0 fully saturated rings. The summed E-state index contributed by atoms with van der Waals surface area (Å²) in [5, 5.41) is 2.81. The molecule has 2 N–H and O–H groups in total. The summed E-state index contributed by atoms with van der Waals surface area (Å²) in [6.07, 6.45) is 0.0837. The third-order valence-corrected chi connectivity index (χ3v) is 3.43. The summed E-state index contributed by atoms with van der Waals surface area (Å²) in [6, 6.07) is 3.08. The maximum absolute atomic E-state index is 11.8. The molecule has 0 atom stereocenters. The summed E-state index contributed by atoms with van der Waals surface area (Å²) >= 11 is 0. The van der Waals surface area contributed by atoms with Crippen molar-refractivity contribution in [2.75, 3.05) is 20.2 Å². The first kappa shape index (κ1) is 15.2. The second kappa shape index (κ2) is 6.89. The molecular formula is C11H20N2O4S. The Hall–Kier alpha value is -0.890. The minimum atomic E-state index is -3.58. The van der Waals surface area contributed by atoms with Crippen LogP contribution in [0.5, 0.6) is 0 Å². The molecule has 104 valence electrons. The van der Waals surface area contributed by atoms with Crippen molar-refractivity contribution in [3.05, 3.63) is 17.9 Å². The summed E-state index contributed by atoms with van der Waals surface area (Å²) in [6.45, 7) is 4.84. The molecule has 1 aromatic heterocycles. The van der Waals surface area contributed by atoms with Gasteiger partial charge in [-0.15, -0.1) is 0 Å². The van der Waals surface area contributed by atoms with Crippen LogP contribution in [0.2, 0.25) is 0 Å². The predicted molar refractivity (Wildman–Crippen MR) is 67.7 cm³/mol. The van der Waals surface area contributed by atoms with Crippen LogP contribution in [-0.4, -0.2) is 34.7 Å². The van der Waals surface area contributed by atoms with Crippen LogP contribution < -0.4 is 10.0 Å². The summed E-state index contributed by atoms with van der Waals surface area (Å²) in [5.41, 5.74) is 0. The van der Waals surface area contributed by atoms with Crippen molar-refractivity contribution >= 4 is 10.0 Å². The van der Waals surface area contributed by atoms with Crippen molar-refractivity contribution in [2.45, 2.75) is 31.6 Å². The van der Waals surface area contributed by atoms with Crippen molar-refractivity contribution in [3.8, 4) is 0 Å². The molecule has 0 aromatic carbocycles. The molecule has 6 nitrogen and oxygen atoms in total. The maximum Gasteiger partial charge on any atom is 0.274 e. The molecule has 1 aromatic rings. The van der Waals surface area contributed by atoms with E-state index < -0.39 is 10.0 Å². The van der Waals surface area contributed by atoms with Gasteiger partial charge in [-0.05, 0) is 33.0 Å². The standard InChI is InChI=1S/C11H20N2O4S/c1-9(2)16-7-6-13-18(14,15)11-5-4-10(17-11)8-12-3/h4-5,9,12-13H,6-8H2,1-3H3. The van der Waals surface area contributed by atoms with Crippen molar-refractivity contribution in [2.24, 2.45) is 0 Å². The molecule has 0 bridgehead atoms. The number of ether oxygens (including phenoxy) is 1. The molecule has 0 aliphatic carbocycles. The second-order valence-corrected chi connectivity index (χ2v) is 5.77. The first-order valence-electron chi connectivity index (χ1n) is 5.80. The van der Waals surface area contributed by atoms with Crippen LogP contribution in [0.15, 0.2) is 21.6 Å². The van der Waals surface area contributed by atoms with Gasteiger partial charge in [-0.25, -0.2) is 13.1 Å². The van der Waals surface area contributed by atoms with Crippen LogP contribution in [0.3, 0.4) is 0 Å². The topological polar surface area (TPSA) is 80.6 Å². The zero-order chi connectivity index (χ0) is 13.6. The summed E-state index contributed by atoms with van der Waals surface area (Å²) in [5.74, 6) is 0.580. The van der Waals surface area contributed by atoms with Crippen LogP contribution in [-0.2, 0) is 21.3 Å². The second-order valence-electron chi connectivity index (χ2n) is 4.07. The summed E-state index contributed by atoms with van der Waals surface area (Å²) in [7, 11) is -1.82. The molecule has 1 heterocycles. The van der Waals surface area contributed by atoms with Crippen LogP contribution in [0.4, 0.5) is 0 Å². The smallest absolute Gasteiger partial charge is 0.274 e. The Kier molecular flexibility index (Phi) is 5.80. The minimum absolute atomic E-state index is 0.0719. The van der Waals surface area contributed by atoms with E-state index in [0.717, 1.165) is 0 Å². The zero-order valence-corrected chi connectivity index (χ0v) is 11.7. The largest absolute Gasteiger partial charge is 0.447 e. The molecule has 0 aliphatic rings. The van der Waals surface area contributed by atoms with Crippen LogP contribution in [0, 0.1) is 0 Å². The lowest BCUT2D eigenvalue weighted by Gasteiger charge is -2.08. The predicted octanol–water partition coefficient (Wildman–Crippen LogP) is 0.702. The highest BCUT2D eigenvalue weighted by Gasteiger charge is 2.17. The Morgan fingerprint density at radius 2 is 2.11 bits per heavy atom. The number of sulfonamides is 1. The molecular weight excluding hydrogens is 256 g/mol. The SMILES string of the molecule is CNCc1ccc(S(=O)(=O)NCCOC(C)C)o1. The highest BCUT2D eigenvalue weighted by molar-refractivity contribution is 7.89. The first-order valence-corrected chi connectivity index (χ1v) is 7.28. The fourth-order valence-corrected chi connectivity index (χ4v) is 2.27. The van der Waals surface area contributed by atoms with Crippen LogP contribution in [0.25, 0.3) is 0 Å². The molecule has 7 heteroatoms. The monoisotopic (exact) mass is 276 g/mol. The van der Waals surface area contributed by atoms with E-state index in [2.05, 4.69) is 10.0 Å². The Labute approximate surface area is 108 Å². The Morgan fingerprint density at radius 1 is 1.39 bits per heavy atom. The molecule has 0 saturated heterocycles. The highest BCUT2D eigenvalue weighted by Crippen LogP contribution is 2.13. The number of hydrogen-bond acceptors (Lipinski definition) is 5. The Morgan fingerprint density at radius 3 is 2.72 bits per heavy atom. The molecule has 18 heavy (non-hydrogen) atoms. The van der Waals surface area contributed by atoms with E-state index in [-0.39, 0.29) is 17.7 Å². The summed E-state index contributed by atoms with van der Waals surface area (Å²) < 4.78 is 36.5. The van der Waals surface area contributed by atoms with Gasteiger partial charge >= 0.3 is 0 Å². The van der Waals surface area contributed by atoms with Gasteiger partial charge in [0, 0.05) is 6.54 Å². The Bertz CT molecular complexity index is 453. The van der Waals surface area contributed by atoms with E-state index in [1.54, 1.807) is 13.1 Å². The molecule has 0 saturated carbocycles. The van der Waals surface area contributed by atoms with E-state index in [9.17, 15) is 8.42 Å². The van der Waals surface area contributed by atoms with Gasteiger partial charge in [-0.2, -0.15) is 0 Å². The van der Waals surface area contributed by atoms with Gasteiger partial charge in [0.25, 0.3) is 10.0 Å². The van der Waals surface area contributed by atoms with E-state index in [1.165, 1.54) is 6.07 Å². The maximum atomic E-state index is 11.8. The van der Waals surface area contributed by atoms with Gasteiger partial charge in [-0.3, -0.25) is 0 Å². The van der Waals surface area contributed by atoms with Gasteiger partial charge < -0.3 is 14.5 Å². The first-order chi connectivity index (χ1) is 8.45. The molecule has 0 aliphatic heterocycles. The van der Waals surface area contributed by atoms with E-state index in [0.29, 0.717) is 18.9 Å². The zero-order valence-electron chi connectivity index (χ0n) is 10.9. The minimum Gasteiger partial charge on any atom is -0.447 e. The molecule has 0 unspecified atom stereocenters. The van der Waals surface area contributed by atoms with Crippen molar-refractivity contribution in [1.82, 2.24) is 10.0 Å². The van der Waals surface area contributed by atoms with Gasteiger partial charge in [0.05, 0.1) is 19.3 Å². The van der Waals surface area contributed by atoms with Crippen molar-refractivity contribution < 1.29 is 17.6 Å². The van der Waals surface area contributed by atoms with Gasteiger partial charge in [0.1, 0.15) is 5.76 Å². The molecule has 0 radical (unpaired) electrons. The average molecular weight is 276 g/mol. The number of furan rings is 1. The number of hydrogen-bond donors (Lipinski definition) is 2. The molecule has 1 rings (SSSR count). The lowest BCUT2D eigenvalue weighted by molar-refractivity contribution is 0.0833. The van der Waals surface area contributed by atoms with Gasteiger partial charge in [0.15, 0.2) is 0 Å². The van der Waals surface area contributed by atoms with E-state index >= 15 is 0 Å².